The number of carbonyl (C=O) groups is 1. The number of epoxide rings is 1. The highest BCUT2D eigenvalue weighted by Gasteiger charge is 2.69. The fourth-order valence-electron chi connectivity index (χ4n) is 3.42. The molecular weight excluding hydrogens is 192 g/mol. The van der Waals surface area contributed by atoms with E-state index < -0.39 is 0 Å². The molecule has 15 heavy (non-hydrogen) atoms. The molecule has 3 heteroatoms. The van der Waals surface area contributed by atoms with E-state index in [9.17, 15) is 4.79 Å². The van der Waals surface area contributed by atoms with Crippen LogP contribution in [0.5, 0.6) is 0 Å². The molecule has 82 valence electrons. The average Bonchev–Trinajstić information content (AvgIpc) is 2.85. The zero-order chi connectivity index (χ0) is 10.6. The SMILES string of the molecule is COC(=O)C1=C[C@H](C)C[C@@H]2CC[C@@H]3O[C@]123. The van der Waals surface area contributed by atoms with Gasteiger partial charge in [0.25, 0.3) is 0 Å². The maximum atomic E-state index is 11.7. The van der Waals surface area contributed by atoms with Crippen LogP contribution in [0.2, 0.25) is 0 Å². The van der Waals surface area contributed by atoms with Gasteiger partial charge in [0.2, 0.25) is 0 Å². The van der Waals surface area contributed by atoms with Crippen LogP contribution in [0.1, 0.15) is 26.2 Å². The van der Waals surface area contributed by atoms with Crippen LogP contribution in [0.25, 0.3) is 0 Å². The molecule has 1 saturated carbocycles. The molecule has 0 N–H and O–H groups in total. The maximum absolute atomic E-state index is 11.7. The van der Waals surface area contributed by atoms with Gasteiger partial charge >= 0.3 is 5.97 Å². The van der Waals surface area contributed by atoms with Gasteiger partial charge in [-0.1, -0.05) is 13.0 Å². The van der Waals surface area contributed by atoms with Gasteiger partial charge in [-0.15, -0.1) is 0 Å². The summed E-state index contributed by atoms with van der Waals surface area (Å²) in [4.78, 5) is 11.7. The fourth-order valence-corrected chi connectivity index (χ4v) is 3.42. The molecule has 0 bridgehead atoms. The van der Waals surface area contributed by atoms with Crippen molar-refractivity contribution in [3.05, 3.63) is 11.6 Å². The van der Waals surface area contributed by atoms with Crippen LogP contribution in [0.3, 0.4) is 0 Å². The quantitative estimate of drug-likeness (QED) is 0.486. The molecule has 0 aromatic rings. The molecule has 0 radical (unpaired) electrons. The van der Waals surface area contributed by atoms with Crippen molar-refractivity contribution in [1.82, 2.24) is 0 Å². The lowest BCUT2D eigenvalue weighted by Crippen LogP contribution is -2.34. The molecule has 0 amide bonds. The minimum atomic E-state index is -0.237. The van der Waals surface area contributed by atoms with E-state index in [2.05, 4.69) is 6.92 Å². The highest BCUT2D eigenvalue weighted by Crippen LogP contribution is 2.61. The Morgan fingerprint density at radius 2 is 2.40 bits per heavy atom. The van der Waals surface area contributed by atoms with E-state index in [-0.39, 0.29) is 11.6 Å². The van der Waals surface area contributed by atoms with E-state index in [0.717, 1.165) is 18.4 Å². The molecule has 2 fully saturated rings. The lowest BCUT2D eigenvalue weighted by atomic mass is 9.75. The van der Waals surface area contributed by atoms with Crippen molar-refractivity contribution in [3.8, 4) is 0 Å². The fraction of sp³-hybridized carbons (Fsp3) is 0.750. The molecule has 3 rings (SSSR count). The van der Waals surface area contributed by atoms with Gasteiger partial charge < -0.3 is 9.47 Å². The van der Waals surface area contributed by atoms with Crippen LogP contribution >= 0.6 is 0 Å². The summed E-state index contributed by atoms with van der Waals surface area (Å²) in [5, 5.41) is 0. The van der Waals surface area contributed by atoms with E-state index in [1.807, 2.05) is 6.08 Å². The Kier molecular flexibility index (Phi) is 1.78. The van der Waals surface area contributed by atoms with E-state index in [0.29, 0.717) is 17.9 Å². The van der Waals surface area contributed by atoms with Crippen molar-refractivity contribution < 1.29 is 14.3 Å². The van der Waals surface area contributed by atoms with Crippen molar-refractivity contribution >= 4 is 5.97 Å². The lowest BCUT2D eigenvalue weighted by Gasteiger charge is -2.29. The number of carbonyl (C=O) groups excluding carboxylic acids is 1. The van der Waals surface area contributed by atoms with Gasteiger partial charge in [0, 0.05) is 0 Å². The minimum Gasteiger partial charge on any atom is -0.466 e. The van der Waals surface area contributed by atoms with E-state index in [4.69, 9.17) is 9.47 Å². The first-order valence-corrected chi connectivity index (χ1v) is 5.67. The Hall–Kier alpha value is -0.830. The molecule has 1 spiro atoms. The van der Waals surface area contributed by atoms with Crippen LogP contribution < -0.4 is 0 Å². The van der Waals surface area contributed by atoms with Gasteiger partial charge in [-0.3, -0.25) is 0 Å². The van der Waals surface area contributed by atoms with Crippen molar-refractivity contribution in [3.63, 3.8) is 0 Å². The molecule has 0 aromatic carbocycles. The molecule has 4 atom stereocenters. The monoisotopic (exact) mass is 208 g/mol. The zero-order valence-corrected chi connectivity index (χ0v) is 9.16. The predicted molar refractivity (Wildman–Crippen MR) is 54.2 cm³/mol. The molecule has 3 nitrogen and oxygen atoms in total. The Labute approximate surface area is 89.4 Å². The first-order chi connectivity index (χ1) is 7.18. The van der Waals surface area contributed by atoms with Crippen LogP contribution in [-0.2, 0) is 14.3 Å². The second kappa shape index (κ2) is 2.85. The van der Waals surface area contributed by atoms with E-state index in [1.165, 1.54) is 13.5 Å². The summed E-state index contributed by atoms with van der Waals surface area (Å²) in [7, 11) is 1.44. The molecule has 0 aromatic heterocycles. The van der Waals surface area contributed by atoms with E-state index in [1.54, 1.807) is 0 Å². The number of methoxy groups -OCH3 is 1. The maximum Gasteiger partial charge on any atom is 0.336 e. The second-order valence-electron chi connectivity index (χ2n) is 4.96. The number of esters is 1. The third-order valence-corrected chi connectivity index (χ3v) is 4.08. The number of hydrogen-bond acceptors (Lipinski definition) is 3. The van der Waals surface area contributed by atoms with E-state index >= 15 is 0 Å². The number of hydrogen-bond donors (Lipinski definition) is 0. The van der Waals surface area contributed by atoms with Crippen LogP contribution in [0, 0.1) is 11.8 Å². The van der Waals surface area contributed by atoms with Gasteiger partial charge in [-0.2, -0.15) is 0 Å². The Morgan fingerprint density at radius 1 is 1.60 bits per heavy atom. The van der Waals surface area contributed by atoms with Crippen LogP contribution in [0.15, 0.2) is 11.6 Å². The van der Waals surface area contributed by atoms with Gasteiger partial charge in [-0.05, 0) is 31.1 Å². The Bertz CT molecular complexity index is 347. The highest BCUT2D eigenvalue weighted by molar-refractivity contribution is 5.92. The van der Waals surface area contributed by atoms with Gasteiger partial charge in [0.05, 0.1) is 18.8 Å². The van der Waals surface area contributed by atoms with Gasteiger partial charge in [0.15, 0.2) is 0 Å². The summed E-state index contributed by atoms with van der Waals surface area (Å²) < 4.78 is 10.6. The minimum absolute atomic E-state index is 0.198. The van der Waals surface area contributed by atoms with Gasteiger partial charge in [0.1, 0.15) is 5.60 Å². The standard InChI is InChI=1S/C12H16O3/c1-7-5-8-3-4-10-12(8,15-10)9(6-7)11(13)14-2/h6-8,10H,3-5H2,1-2H3/t7-,8+,10+,12+/m1/s1. The molecular formula is C12H16O3. The summed E-state index contributed by atoms with van der Waals surface area (Å²) in [6, 6.07) is 0. The Morgan fingerprint density at radius 3 is 3.07 bits per heavy atom. The Balaban J connectivity index is 2.00. The largest absolute Gasteiger partial charge is 0.466 e. The number of allylic oxidation sites excluding steroid dienone is 1. The molecule has 2 aliphatic carbocycles. The normalized spacial score (nSPS) is 46.5. The predicted octanol–water partition coefficient (Wildman–Crippen LogP) is 1.67. The summed E-state index contributed by atoms with van der Waals surface area (Å²) in [5.74, 6) is 0.810. The second-order valence-corrected chi connectivity index (χ2v) is 4.96. The molecule has 1 saturated heterocycles. The van der Waals surface area contributed by atoms with Crippen LogP contribution in [-0.4, -0.2) is 24.8 Å². The lowest BCUT2D eigenvalue weighted by molar-refractivity contribution is -0.137. The first-order valence-electron chi connectivity index (χ1n) is 5.67. The summed E-state index contributed by atoms with van der Waals surface area (Å²) in [6.07, 6.45) is 5.79. The molecule has 3 aliphatic rings. The zero-order valence-electron chi connectivity index (χ0n) is 9.16. The number of rotatable bonds is 1. The first kappa shape index (κ1) is 9.40. The highest BCUT2D eigenvalue weighted by atomic mass is 16.6. The summed E-state index contributed by atoms with van der Waals surface area (Å²) in [5.41, 5.74) is 0.552. The summed E-state index contributed by atoms with van der Waals surface area (Å²) >= 11 is 0. The topological polar surface area (TPSA) is 38.8 Å². The molecule has 1 aliphatic heterocycles. The molecule has 1 heterocycles. The third kappa shape index (κ3) is 1.07. The smallest absolute Gasteiger partial charge is 0.336 e. The van der Waals surface area contributed by atoms with Crippen molar-refractivity contribution in [2.45, 2.75) is 37.9 Å². The van der Waals surface area contributed by atoms with Crippen molar-refractivity contribution in [2.24, 2.45) is 11.8 Å². The number of ether oxygens (including phenoxy) is 2. The van der Waals surface area contributed by atoms with Crippen molar-refractivity contribution in [2.75, 3.05) is 7.11 Å². The van der Waals surface area contributed by atoms with Crippen LogP contribution in [0.4, 0.5) is 0 Å². The summed E-state index contributed by atoms with van der Waals surface area (Å²) in [6.45, 7) is 2.16. The molecule has 0 unspecified atom stereocenters. The van der Waals surface area contributed by atoms with Crippen molar-refractivity contribution in [1.29, 1.82) is 0 Å². The third-order valence-electron chi connectivity index (χ3n) is 4.08. The average molecular weight is 208 g/mol. The van der Waals surface area contributed by atoms with Gasteiger partial charge in [-0.25, -0.2) is 4.79 Å².